The molecule has 6 nitrogen and oxygen atoms in total. The van der Waals surface area contributed by atoms with E-state index in [1.165, 1.54) is 11.8 Å². The Balaban J connectivity index is 1.76. The number of thioether (sulfide) groups is 1. The Kier molecular flexibility index (Phi) is 4.54. The number of fused-ring (bicyclic) bond motifs is 3. The van der Waals surface area contributed by atoms with Crippen molar-refractivity contribution in [1.29, 1.82) is 0 Å². The first-order valence-electron chi connectivity index (χ1n) is 7.94. The number of aliphatic carboxylic acids is 1. The van der Waals surface area contributed by atoms with Gasteiger partial charge in [0.15, 0.2) is 0 Å². The maximum atomic E-state index is 12.6. The van der Waals surface area contributed by atoms with Crippen molar-refractivity contribution in [3.05, 3.63) is 35.4 Å². The van der Waals surface area contributed by atoms with Crippen LogP contribution in [0.15, 0.2) is 24.3 Å². The van der Waals surface area contributed by atoms with Crippen LogP contribution in [0.5, 0.6) is 0 Å². The first kappa shape index (κ1) is 16.8. The van der Waals surface area contributed by atoms with Gasteiger partial charge in [0.2, 0.25) is 5.91 Å². The summed E-state index contributed by atoms with van der Waals surface area (Å²) in [5.41, 5.74) is 1.53. The van der Waals surface area contributed by atoms with Gasteiger partial charge in [0, 0.05) is 11.3 Å². The van der Waals surface area contributed by atoms with Crippen LogP contribution in [0, 0.1) is 5.92 Å². The minimum atomic E-state index is -1.30. The van der Waals surface area contributed by atoms with Crippen LogP contribution in [-0.4, -0.2) is 40.5 Å². The molecule has 7 heteroatoms. The van der Waals surface area contributed by atoms with Gasteiger partial charge in [0.1, 0.15) is 11.4 Å². The highest BCUT2D eigenvalue weighted by atomic mass is 32.2. The lowest BCUT2D eigenvalue weighted by atomic mass is 10.0. The van der Waals surface area contributed by atoms with Crippen LogP contribution in [0.4, 0.5) is 0 Å². The molecular weight excluding hydrogens is 328 g/mol. The Hall–Kier alpha value is -2.02. The maximum Gasteiger partial charge on any atom is 0.256 e. The second-order valence-electron chi connectivity index (χ2n) is 6.51. The van der Waals surface area contributed by atoms with E-state index in [-0.39, 0.29) is 17.2 Å². The zero-order valence-corrected chi connectivity index (χ0v) is 14.3. The highest BCUT2D eigenvalue weighted by Crippen LogP contribution is 2.48. The van der Waals surface area contributed by atoms with Gasteiger partial charge >= 0.3 is 0 Å². The number of benzene rings is 1. The van der Waals surface area contributed by atoms with Gasteiger partial charge in [-0.1, -0.05) is 32.0 Å². The van der Waals surface area contributed by atoms with E-state index in [1.54, 1.807) is 17.0 Å². The molecule has 2 amide bonds. The van der Waals surface area contributed by atoms with Gasteiger partial charge in [0.25, 0.3) is 5.91 Å². The monoisotopic (exact) mass is 347 g/mol. The molecule has 2 heterocycles. The molecule has 1 N–H and O–H groups in total. The molecule has 3 rings (SSSR count). The largest absolute Gasteiger partial charge is 0.548 e. The molecule has 128 valence electrons. The van der Waals surface area contributed by atoms with E-state index < -0.39 is 24.0 Å². The standard InChI is InChI=1S/C17H20N2O4S/c1-9(2)7-12(17(22)23)18-14(20)13-8-24-16-11-6-4-3-5-10(11)15(21)19(13)16/h3-6,9,12-13,16H,7-8H2,1-2H3,(H,18,20)(H,22,23)/p-1/t12-,13+,16+/m1/s1. The summed E-state index contributed by atoms with van der Waals surface area (Å²) < 4.78 is 0. The maximum absolute atomic E-state index is 12.6. The van der Waals surface area contributed by atoms with Crippen molar-refractivity contribution < 1.29 is 19.5 Å². The highest BCUT2D eigenvalue weighted by molar-refractivity contribution is 7.99. The van der Waals surface area contributed by atoms with Gasteiger partial charge < -0.3 is 20.1 Å². The van der Waals surface area contributed by atoms with E-state index >= 15 is 0 Å². The molecule has 1 aromatic rings. The Bertz CT molecular complexity index is 691. The smallest absolute Gasteiger partial charge is 0.256 e. The highest BCUT2D eigenvalue weighted by Gasteiger charge is 2.48. The molecule has 1 fully saturated rings. The lowest BCUT2D eigenvalue weighted by molar-refractivity contribution is -0.308. The molecule has 1 aromatic carbocycles. The fraction of sp³-hybridized carbons (Fsp3) is 0.471. The van der Waals surface area contributed by atoms with Gasteiger partial charge in [-0.2, -0.15) is 0 Å². The second-order valence-corrected chi connectivity index (χ2v) is 7.62. The molecule has 0 bridgehead atoms. The number of carboxylic acids is 1. The van der Waals surface area contributed by atoms with Crippen molar-refractivity contribution in [2.75, 3.05) is 5.75 Å². The van der Waals surface area contributed by atoms with E-state index in [2.05, 4.69) is 5.32 Å². The fourth-order valence-electron chi connectivity index (χ4n) is 3.20. The molecule has 3 atom stereocenters. The number of amides is 2. The van der Waals surface area contributed by atoms with Crippen molar-refractivity contribution in [3.8, 4) is 0 Å². The summed E-state index contributed by atoms with van der Waals surface area (Å²) in [7, 11) is 0. The average molecular weight is 347 g/mol. The van der Waals surface area contributed by atoms with E-state index in [4.69, 9.17) is 0 Å². The van der Waals surface area contributed by atoms with Crippen LogP contribution in [-0.2, 0) is 9.59 Å². The lowest BCUT2D eigenvalue weighted by Gasteiger charge is -2.27. The zero-order chi connectivity index (χ0) is 17.4. The zero-order valence-electron chi connectivity index (χ0n) is 13.5. The third kappa shape index (κ3) is 2.88. The number of nitrogens with zero attached hydrogens (tertiary/aromatic N) is 1. The summed E-state index contributed by atoms with van der Waals surface area (Å²) in [6, 6.07) is 5.63. The number of hydrogen-bond donors (Lipinski definition) is 1. The van der Waals surface area contributed by atoms with Crippen LogP contribution >= 0.6 is 11.8 Å². The van der Waals surface area contributed by atoms with Gasteiger partial charge in [-0.15, -0.1) is 11.8 Å². The van der Waals surface area contributed by atoms with Crippen LogP contribution in [0.25, 0.3) is 0 Å². The molecule has 2 aliphatic rings. The number of rotatable bonds is 5. The first-order chi connectivity index (χ1) is 11.4. The lowest BCUT2D eigenvalue weighted by Crippen LogP contribution is -2.54. The summed E-state index contributed by atoms with van der Waals surface area (Å²) in [6.45, 7) is 3.76. The normalized spacial score (nSPS) is 23.1. The molecule has 0 saturated carbocycles. The molecule has 1 saturated heterocycles. The molecule has 0 aliphatic carbocycles. The Morgan fingerprint density at radius 3 is 2.75 bits per heavy atom. The molecule has 0 spiro atoms. The number of carbonyl (C=O) groups is 3. The summed E-state index contributed by atoms with van der Waals surface area (Å²) >= 11 is 1.53. The summed E-state index contributed by atoms with van der Waals surface area (Å²) in [6.07, 6.45) is 0.297. The van der Waals surface area contributed by atoms with Gasteiger partial charge in [-0.3, -0.25) is 9.59 Å². The van der Waals surface area contributed by atoms with Gasteiger partial charge in [0.05, 0.1) is 12.0 Å². The van der Waals surface area contributed by atoms with Crippen molar-refractivity contribution >= 4 is 29.5 Å². The minimum Gasteiger partial charge on any atom is -0.548 e. The van der Waals surface area contributed by atoms with E-state index in [1.807, 2.05) is 26.0 Å². The second kappa shape index (κ2) is 6.47. The van der Waals surface area contributed by atoms with Crippen molar-refractivity contribution in [3.63, 3.8) is 0 Å². The molecule has 2 aliphatic heterocycles. The number of hydrogen-bond acceptors (Lipinski definition) is 5. The van der Waals surface area contributed by atoms with E-state index in [0.29, 0.717) is 17.7 Å². The van der Waals surface area contributed by atoms with E-state index in [0.717, 1.165) is 5.56 Å². The Labute approximate surface area is 144 Å². The van der Waals surface area contributed by atoms with Crippen LogP contribution < -0.4 is 10.4 Å². The number of carbonyl (C=O) groups excluding carboxylic acids is 3. The predicted octanol–water partition coefficient (Wildman–Crippen LogP) is 0.537. The summed E-state index contributed by atoms with van der Waals surface area (Å²) in [4.78, 5) is 38.0. The van der Waals surface area contributed by atoms with Crippen LogP contribution in [0.2, 0.25) is 0 Å². The van der Waals surface area contributed by atoms with Crippen LogP contribution in [0.1, 0.15) is 41.6 Å². The molecule has 0 aromatic heterocycles. The van der Waals surface area contributed by atoms with Gasteiger partial charge in [-0.05, 0) is 24.0 Å². The Morgan fingerprint density at radius 2 is 2.08 bits per heavy atom. The molecular formula is C17H19N2O4S-. The quantitative estimate of drug-likeness (QED) is 0.839. The third-order valence-electron chi connectivity index (χ3n) is 4.30. The summed E-state index contributed by atoms with van der Waals surface area (Å²) in [5, 5.41) is 13.6. The number of carboxylic acid groups (broad SMARTS) is 1. The average Bonchev–Trinajstić information content (AvgIpc) is 3.07. The topological polar surface area (TPSA) is 89.5 Å². The molecule has 0 radical (unpaired) electrons. The summed E-state index contributed by atoms with van der Waals surface area (Å²) in [5.74, 6) is -1.33. The van der Waals surface area contributed by atoms with Crippen molar-refractivity contribution in [2.45, 2.75) is 37.7 Å². The van der Waals surface area contributed by atoms with Crippen molar-refractivity contribution in [2.24, 2.45) is 5.92 Å². The molecule has 24 heavy (non-hydrogen) atoms. The predicted molar refractivity (Wildman–Crippen MR) is 88.0 cm³/mol. The molecule has 0 unspecified atom stereocenters. The minimum absolute atomic E-state index is 0.108. The third-order valence-corrected chi connectivity index (χ3v) is 5.61. The fourth-order valence-corrected chi connectivity index (χ4v) is 4.66. The van der Waals surface area contributed by atoms with E-state index in [9.17, 15) is 19.5 Å². The SMILES string of the molecule is CC(C)C[C@@H](NC(=O)[C@@H]1CS[C@H]2c3ccccc3C(=O)N12)C(=O)[O-]. The number of nitrogens with one attached hydrogen (secondary N) is 1. The van der Waals surface area contributed by atoms with Crippen molar-refractivity contribution in [1.82, 2.24) is 10.2 Å². The van der Waals surface area contributed by atoms with Crippen LogP contribution in [0.3, 0.4) is 0 Å². The van der Waals surface area contributed by atoms with Gasteiger partial charge in [-0.25, -0.2) is 0 Å². The Morgan fingerprint density at radius 1 is 1.38 bits per heavy atom. The first-order valence-corrected chi connectivity index (χ1v) is 8.99.